The first-order valence-corrected chi connectivity index (χ1v) is 7.17. The van der Waals surface area contributed by atoms with Crippen molar-refractivity contribution in [1.82, 2.24) is 19.6 Å². The van der Waals surface area contributed by atoms with Gasteiger partial charge in [-0.1, -0.05) is 0 Å². The van der Waals surface area contributed by atoms with Crippen LogP contribution in [0.4, 0.5) is 0 Å². The molecule has 0 aromatic carbocycles. The fourth-order valence-electron chi connectivity index (χ4n) is 2.54. The van der Waals surface area contributed by atoms with Crippen LogP contribution in [0.5, 0.6) is 0 Å². The Balaban J connectivity index is 1.63. The first-order valence-electron chi connectivity index (χ1n) is 6.40. The van der Waals surface area contributed by atoms with Crippen LogP contribution in [0, 0.1) is 0 Å². The van der Waals surface area contributed by atoms with E-state index in [9.17, 15) is 0 Å². The minimum atomic E-state index is 0.0543. The highest BCUT2D eigenvalue weighted by Gasteiger charge is 2.38. The summed E-state index contributed by atoms with van der Waals surface area (Å²) >= 11 is 1.69. The lowest BCUT2D eigenvalue weighted by molar-refractivity contribution is -0.103. The molecule has 0 radical (unpaired) electrons. The highest BCUT2D eigenvalue weighted by Crippen LogP contribution is 2.32. The Morgan fingerprint density at radius 3 is 3.00 bits per heavy atom. The largest absolute Gasteiger partial charge is 0.372 e. The number of nitrogens with one attached hydrogen (secondary N) is 1. The van der Waals surface area contributed by atoms with Gasteiger partial charge in [0.2, 0.25) is 0 Å². The van der Waals surface area contributed by atoms with Gasteiger partial charge in [0.15, 0.2) is 0 Å². The van der Waals surface area contributed by atoms with Crippen molar-refractivity contribution in [3.05, 3.63) is 18.6 Å². The molecule has 1 aromatic heterocycles. The molecule has 2 fully saturated rings. The van der Waals surface area contributed by atoms with Gasteiger partial charge in [-0.3, -0.25) is 4.98 Å². The fraction of sp³-hybridized carbons (Fsp3) is 0.667. The van der Waals surface area contributed by atoms with Crippen molar-refractivity contribution in [3.63, 3.8) is 0 Å². The molecule has 0 bridgehead atoms. The highest BCUT2D eigenvalue weighted by molar-refractivity contribution is 7.97. The minimum Gasteiger partial charge on any atom is -0.372 e. The van der Waals surface area contributed by atoms with Crippen molar-refractivity contribution < 1.29 is 4.74 Å². The number of hydrogen-bond donors (Lipinski definition) is 1. The van der Waals surface area contributed by atoms with Crippen molar-refractivity contribution in [2.45, 2.75) is 23.5 Å². The van der Waals surface area contributed by atoms with Crippen LogP contribution in [0.3, 0.4) is 0 Å². The molecule has 18 heavy (non-hydrogen) atoms. The third-order valence-electron chi connectivity index (χ3n) is 3.49. The van der Waals surface area contributed by atoms with E-state index in [2.05, 4.69) is 19.6 Å². The molecular weight excluding hydrogens is 248 g/mol. The third-order valence-corrected chi connectivity index (χ3v) is 4.46. The lowest BCUT2D eigenvalue weighted by atomic mass is 9.91. The summed E-state index contributed by atoms with van der Waals surface area (Å²) in [7, 11) is 0. The topological polar surface area (TPSA) is 50.3 Å². The molecule has 2 saturated heterocycles. The molecule has 3 heterocycles. The number of morpholine rings is 1. The Morgan fingerprint density at radius 2 is 2.22 bits per heavy atom. The van der Waals surface area contributed by atoms with Gasteiger partial charge in [0.25, 0.3) is 0 Å². The lowest BCUT2D eigenvalue weighted by Gasteiger charge is -2.44. The number of piperidine rings is 1. The van der Waals surface area contributed by atoms with Gasteiger partial charge in [-0.05, 0) is 37.9 Å². The molecule has 1 N–H and O–H groups in total. The van der Waals surface area contributed by atoms with E-state index in [4.69, 9.17) is 4.74 Å². The maximum absolute atomic E-state index is 6.04. The van der Waals surface area contributed by atoms with Crippen LogP contribution in [0.2, 0.25) is 0 Å². The predicted octanol–water partition coefficient (Wildman–Crippen LogP) is 0.938. The van der Waals surface area contributed by atoms with Crippen LogP contribution in [0.25, 0.3) is 0 Å². The average Bonchev–Trinajstić information content (AvgIpc) is 2.41. The minimum absolute atomic E-state index is 0.0543. The van der Waals surface area contributed by atoms with E-state index in [0.717, 1.165) is 50.7 Å². The van der Waals surface area contributed by atoms with E-state index in [1.165, 1.54) is 0 Å². The van der Waals surface area contributed by atoms with E-state index in [1.807, 2.05) is 6.20 Å². The molecule has 98 valence electrons. The molecular formula is C12H18N4OS. The monoisotopic (exact) mass is 266 g/mol. The molecule has 0 aliphatic carbocycles. The van der Waals surface area contributed by atoms with Crippen molar-refractivity contribution in [1.29, 1.82) is 0 Å². The standard InChI is InChI=1S/C12H18N4OS/c1-3-13-4-2-12(1)10-16(7-8-17-12)18-11-9-14-5-6-15-11/h5-6,9,13H,1-4,7-8,10H2. The van der Waals surface area contributed by atoms with E-state index in [0.29, 0.717) is 0 Å². The zero-order valence-corrected chi connectivity index (χ0v) is 11.2. The first kappa shape index (κ1) is 12.3. The summed E-state index contributed by atoms with van der Waals surface area (Å²) < 4.78 is 8.40. The smallest absolute Gasteiger partial charge is 0.129 e. The number of ether oxygens (including phenoxy) is 1. The predicted molar refractivity (Wildman–Crippen MR) is 70.2 cm³/mol. The molecule has 2 aliphatic rings. The Morgan fingerprint density at radius 1 is 1.33 bits per heavy atom. The van der Waals surface area contributed by atoms with Gasteiger partial charge in [0, 0.05) is 25.5 Å². The van der Waals surface area contributed by atoms with Gasteiger partial charge in [-0.15, -0.1) is 0 Å². The van der Waals surface area contributed by atoms with Crippen LogP contribution in [0.15, 0.2) is 23.6 Å². The van der Waals surface area contributed by atoms with E-state index in [1.54, 1.807) is 24.3 Å². The van der Waals surface area contributed by atoms with Crippen LogP contribution in [-0.4, -0.2) is 52.7 Å². The summed E-state index contributed by atoms with van der Waals surface area (Å²) in [5, 5.41) is 4.35. The summed E-state index contributed by atoms with van der Waals surface area (Å²) in [5.74, 6) is 0. The van der Waals surface area contributed by atoms with E-state index < -0.39 is 0 Å². The number of rotatable bonds is 2. The van der Waals surface area contributed by atoms with Crippen LogP contribution >= 0.6 is 11.9 Å². The summed E-state index contributed by atoms with van der Waals surface area (Å²) in [6.45, 7) is 4.87. The van der Waals surface area contributed by atoms with Gasteiger partial charge in [0.05, 0.1) is 18.4 Å². The number of aromatic nitrogens is 2. The Bertz CT molecular complexity index is 377. The van der Waals surface area contributed by atoms with Gasteiger partial charge in [-0.25, -0.2) is 9.29 Å². The molecule has 5 nitrogen and oxygen atoms in total. The molecule has 6 heteroatoms. The van der Waals surface area contributed by atoms with Gasteiger partial charge in [0.1, 0.15) is 5.03 Å². The van der Waals surface area contributed by atoms with Crippen molar-refractivity contribution in [2.75, 3.05) is 32.8 Å². The van der Waals surface area contributed by atoms with Crippen molar-refractivity contribution in [3.8, 4) is 0 Å². The maximum atomic E-state index is 6.04. The van der Waals surface area contributed by atoms with Gasteiger partial charge in [-0.2, -0.15) is 0 Å². The van der Waals surface area contributed by atoms with E-state index in [-0.39, 0.29) is 5.60 Å². The third kappa shape index (κ3) is 2.83. The van der Waals surface area contributed by atoms with Gasteiger partial charge < -0.3 is 10.1 Å². The summed E-state index contributed by atoms with van der Waals surface area (Å²) in [6.07, 6.45) is 7.46. The number of hydrogen-bond acceptors (Lipinski definition) is 6. The average molecular weight is 266 g/mol. The summed E-state index contributed by atoms with van der Waals surface area (Å²) in [6, 6.07) is 0. The normalized spacial score (nSPS) is 24.2. The highest BCUT2D eigenvalue weighted by atomic mass is 32.2. The van der Waals surface area contributed by atoms with Crippen LogP contribution < -0.4 is 5.32 Å². The molecule has 1 aromatic rings. The van der Waals surface area contributed by atoms with E-state index >= 15 is 0 Å². The van der Waals surface area contributed by atoms with Crippen molar-refractivity contribution >= 4 is 11.9 Å². The lowest BCUT2D eigenvalue weighted by Crippen LogP contribution is -2.54. The van der Waals surface area contributed by atoms with Gasteiger partial charge >= 0.3 is 0 Å². The van der Waals surface area contributed by atoms with Crippen LogP contribution in [-0.2, 0) is 4.74 Å². The zero-order chi connectivity index (χ0) is 12.3. The fourth-order valence-corrected chi connectivity index (χ4v) is 3.48. The maximum Gasteiger partial charge on any atom is 0.129 e. The quantitative estimate of drug-likeness (QED) is 0.804. The second kappa shape index (κ2) is 5.52. The van der Waals surface area contributed by atoms with Crippen LogP contribution in [0.1, 0.15) is 12.8 Å². The number of nitrogens with zero attached hydrogens (tertiary/aromatic N) is 3. The zero-order valence-electron chi connectivity index (χ0n) is 10.3. The summed E-state index contributed by atoms with van der Waals surface area (Å²) in [4.78, 5) is 8.41. The first-order chi connectivity index (χ1) is 8.86. The summed E-state index contributed by atoms with van der Waals surface area (Å²) in [5.41, 5.74) is 0.0543. The Hall–Kier alpha value is -0.690. The molecule has 0 unspecified atom stereocenters. The molecule has 1 spiro atoms. The molecule has 2 aliphatic heterocycles. The van der Waals surface area contributed by atoms with Crippen molar-refractivity contribution in [2.24, 2.45) is 0 Å². The Labute approximate surface area is 111 Å². The SMILES string of the molecule is c1cnc(SN2CCOC3(CCNCC3)C2)cn1. The molecule has 3 rings (SSSR count). The Kier molecular flexibility index (Phi) is 3.79. The molecule has 0 atom stereocenters. The second-order valence-corrected chi connectivity index (χ2v) is 5.90. The second-order valence-electron chi connectivity index (χ2n) is 4.78. The molecule has 0 amide bonds. The molecule has 0 saturated carbocycles.